The minimum absolute atomic E-state index is 0. The van der Waals surface area contributed by atoms with Gasteiger partial charge in [0.25, 0.3) is 0 Å². The Morgan fingerprint density at radius 3 is 2.48 bits per heavy atom. The number of halogens is 1. The summed E-state index contributed by atoms with van der Waals surface area (Å²) in [6.45, 7) is 2.29. The van der Waals surface area contributed by atoms with E-state index in [1.807, 2.05) is 18.2 Å². The summed E-state index contributed by atoms with van der Waals surface area (Å²) < 4.78 is 50.2. The number of ether oxygens (including phenoxy) is 4. The van der Waals surface area contributed by atoms with Crippen LogP contribution in [0.2, 0.25) is 0 Å². The number of likely N-dealkylation sites (tertiary alicyclic amines) is 1. The van der Waals surface area contributed by atoms with E-state index >= 15 is 0 Å². The zero-order chi connectivity index (χ0) is 21.1. The minimum Gasteiger partial charge on any atom is -0.497 e. The second kappa shape index (κ2) is 9.95. The Bertz CT molecular complexity index is 1010. The van der Waals surface area contributed by atoms with Gasteiger partial charge in [0.15, 0.2) is 11.5 Å². The number of methoxy groups -OCH3 is 2. The number of hydrogen-bond donors (Lipinski definition) is 1. The van der Waals surface area contributed by atoms with E-state index in [0.29, 0.717) is 17.2 Å². The highest BCUT2D eigenvalue weighted by molar-refractivity contribution is 7.89. The second-order valence-electron chi connectivity index (χ2n) is 7.24. The van der Waals surface area contributed by atoms with Crippen molar-refractivity contribution in [1.82, 2.24) is 9.62 Å². The lowest BCUT2D eigenvalue weighted by molar-refractivity contribution is 0.173. The third kappa shape index (κ3) is 5.01. The molecule has 2 aromatic carbocycles. The molecule has 0 saturated carbocycles. The summed E-state index contributed by atoms with van der Waals surface area (Å²) in [5.74, 6) is 2.17. The van der Waals surface area contributed by atoms with Gasteiger partial charge in [0.2, 0.25) is 16.8 Å². The van der Waals surface area contributed by atoms with Gasteiger partial charge in [-0.25, -0.2) is 13.1 Å². The predicted molar refractivity (Wildman–Crippen MR) is 118 cm³/mol. The normalized spacial score (nSPS) is 16.6. The average molecular weight is 471 g/mol. The molecule has 170 valence electrons. The molecule has 1 fully saturated rings. The molecule has 10 heteroatoms. The summed E-state index contributed by atoms with van der Waals surface area (Å²) >= 11 is 0. The molecule has 8 nitrogen and oxygen atoms in total. The number of nitrogens with zero attached hydrogens (tertiary/aromatic N) is 1. The molecular weight excluding hydrogens is 444 g/mol. The van der Waals surface area contributed by atoms with E-state index in [2.05, 4.69) is 9.62 Å². The zero-order valence-electron chi connectivity index (χ0n) is 17.5. The molecule has 0 radical (unpaired) electrons. The first-order valence-corrected chi connectivity index (χ1v) is 11.4. The second-order valence-corrected chi connectivity index (χ2v) is 8.98. The average Bonchev–Trinajstić information content (AvgIpc) is 3.45. The number of nitrogens with one attached hydrogen (secondary N) is 1. The van der Waals surface area contributed by atoms with Crippen molar-refractivity contribution in [2.75, 3.05) is 40.6 Å². The van der Waals surface area contributed by atoms with E-state index in [4.69, 9.17) is 18.9 Å². The zero-order valence-corrected chi connectivity index (χ0v) is 19.1. The van der Waals surface area contributed by atoms with Crippen molar-refractivity contribution in [3.8, 4) is 23.0 Å². The van der Waals surface area contributed by atoms with Gasteiger partial charge in [-0.2, -0.15) is 0 Å². The number of benzene rings is 2. The van der Waals surface area contributed by atoms with Crippen molar-refractivity contribution in [2.24, 2.45) is 0 Å². The summed E-state index contributed by atoms with van der Waals surface area (Å²) in [6, 6.07) is 10.3. The van der Waals surface area contributed by atoms with Gasteiger partial charge in [-0.05, 0) is 55.8 Å². The molecule has 0 aliphatic carbocycles. The molecule has 1 N–H and O–H groups in total. The third-order valence-corrected chi connectivity index (χ3v) is 6.95. The van der Waals surface area contributed by atoms with Gasteiger partial charge in [0.05, 0.1) is 14.2 Å². The Balaban J connectivity index is 0.00000272. The smallest absolute Gasteiger partial charge is 0.244 e. The lowest BCUT2D eigenvalue weighted by Gasteiger charge is -2.28. The quantitative estimate of drug-likeness (QED) is 0.634. The molecular formula is C21H27ClN2O6S. The molecule has 2 heterocycles. The summed E-state index contributed by atoms with van der Waals surface area (Å²) in [7, 11) is -0.826. The van der Waals surface area contributed by atoms with Crippen molar-refractivity contribution in [2.45, 2.75) is 23.8 Å². The Labute approximate surface area is 188 Å². The molecule has 1 atom stereocenters. The molecule has 2 aliphatic heterocycles. The van der Waals surface area contributed by atoms with E-state index < -0.39 is 10.0 Å². The summed E-state index contributed by atoms with van der Waals surface area (Å²) in [6.07, 6.45) is 2.19. The lowest BCUT2D eigenvalue weighted by Crippen LogP contribution is -2.36. The van der Waals surface area contributed by atoms with Crippen molar-refractivity contribution < 1.29 is 27.4 Å². The van der Waals surface area contributed by atoms with Gasteiger partial charge >= 0.3 is 0 Å². The van der Waals surface area contributed by atoms with Crippen LogP contribution in [0.3, 0.4) is 0 Å². The van der Waals surface area contributed by atoms with Crippen LogP contribution in [0.25, 0.3) is 0 Å². The van der Waals surface area contributed by atoms with Crippen LogP contribution in [0, 0.1) is 0 Å². The van der Waals surface area contributed by atoms with Gasteiger partial charge < -0.3 is 18.9 Å². The highest BCUT2D eigenvalue weighted by atomic mass is 35.5. The highest BCUT2D eigenvalue weighted by Crippen LogP contribution is 2.36. The van der Waals surface area contributed by atoms with Crippen molar-refractivity contribution in [1.29, 1.82) is 0 Å². The Morgan fingerprint density at radius 2 is 1.77 bits per heavy atom. The fourth-order valence-corrected chi connectivity index (χ4v) is 5.08. The van der Waals surface area contributed by atoms with Crippen LogP contribution >= 0.6 is 12.4 Å². The molecule has 0 bridgehead atoms. The van der Waals surface area contributed by atoms with Gasteiger partial charge in [-0.3, -0.25) is 4.90 Å². The molecule has 2 aromatic rings. The molecule has 1 saturated heterocycles. The van der Waals surface area contributed by atoms with Crippen LogP contribution in [0.4, 0.5) is 0 Å². The van der Waals surface area contributed by atoms with Crippen LogP contribution < -0.4 is 23.7 Å². The van der Waals surface area contributed by atoms with E-state index in [-0.39, 0.29) is 42.4 Å². The monoisotopic (exact) mass is 470 g/mol. The first-order chi connectivity index (χ1) is 14.5. The SMILES string of the molecule is COc1ccc(S(=O)(=O)NCC(c2ccc3c(c2)OCO3)N2CCCC2)c(OC)c1.Cl. The van der Waals surface area contributed by atoms with Crippen molar-refractivity contribution in [3.63, 3.8) is 0 Å². The van der Waals surface area contributed by atoms with Gasteiger partial charge in [0.1, 0.15) is 16.4 Å². The van der Waals surface area contributed by atoms with Gasteiger partial charge in [-0.15, -0.1) is 12.4 Å². The predicted octanol–water partition coefficient (Wildman–Crippen LogP) is 2.97. The summed E-state index contributed by atoms with van der Waals surface area (Å²) in [5.41, 5.74) is 0.991. The Kier molecular flexibility index (Phi) is 7.53. The van der Waals surface area contributed by atoms with E-state index in [1.165, 1.54) is 20.3 Å². The maximum absolute atomic E-state index is 13.1. The summed E-state index contributed by atoms with van der Waals surface area (Å²) in [4.78, 5) is 2.38. The van der Waals surface area contributed by atoms with Crippen LogP contribution in [-0.4, -0.2) is 54.0 Å². The molecule has 0 amide bonds. The first-order valence-electron chi connectivity index (χ1n) is 9.87. The Morgan fingerprint density at radius 1 is 1.03 bits per heavy atom. The van der Waals surface area contributed by atoms with Crippen LogP contribution in [0.5, 0.6) is 23.0 Å². The fourth-order valence-electron chi connectivity index (χ4n) is 3.89. The number of sulfonamides is 1. The van der Waals surface area contributed by atoms with E-state index in [9.17, 15) is 8.42 Å². The van der Waals surface area contributed by atoms with Gasteiger partial charge in [0, 0.05) is 18.7 Å². The van der Waals surface area contributed by atoms with Crippen molar-refractivity contribution >= 4 is 22.4 Å². The standard InChI is InChI=1S/C21H26N2O6S.ClH/c1-26-16-6-8-21(20(12-16)27-2)30(24,25)22-13-17(23-9-3-4-10-23)15-5-7-18-19(11-15)29-14-28-18;/h5-8,11-12,17,22H,3-4,9-10,13-14H2,1-2H3;1H. The number of hydrogen-bond acceptors (Lipinski definition) is 7. The summed E-state index contributed by atoms with van der Waals surface area (Å²) in [5, 5.41) is 0. The van der Waals surface area contributed by atoms with E-state index in [0.717, 1.165) is 31.5 Å². The van der Waals surface area contributed by atoms with Crippen molar-refractivity contribution in [3.05, 3.63) is 42.0 Å². The topological polar surface area (TPSA) is 86.3 Å². The lowest BCUT2D eigenvalue weighted by atomic mass is 10.1. The van der Waals surface area contributed by atoms with E-state index in [1.54, 1.807) is 12.1 Å². The van der Waals surface area contributed by atoms with Crippen LogP contribution in [0.1, 0.15) is 24.4 Å². The largest absolute Gasteiger partial charge is 0.497 e. The Hall–Kier alpha value is -2.20. The molecule has 4 rings (SSSR count). The minimum atomic E-state index is -3.79. The fraction of sp³-hybridized carbons (Fsp3) is 0.429. The maximum Gasteiger partial charge on any atom is 0.244 e. The van der Waals surface area contributed by atoms with Gasteiger partial charge in [-0.1, -0.05) is 6.07 Å². The third-order valence-electron chi connectivity index (χ3n) is 5.49. The van der Waals surface area contributed by atoms with Crippen LogP contribution in [0.15, 0.2) is 41.3 Å². The first kappa shape index (κ1) is 23.5. The number of fused-ring (bicyclic) bond motifs is 1. The molecule has 2 aliphatic rings. The molecule has 31 heavy (non-hydrogen) atoms. The maximum atomic E-state index is 13.1. The number of rotatable bonds is 8. The molecule has 0 spiro atoms. The highest BCUT2D eigenvalue weighted by Gasteiger charge is 2.28. The molecule has 1 unspecified atom stereocenters. The van der Waals surface area contributed by atoms with Crippen LogP contribution in [-0.2, 0) is 10.0 Å². The molecule has 0 aromatic heterocycles.